The number of anilines is 1. The first kappa shape index (κ1) is 17.9. The van der Waals surface area contributed by atoms with Crippen molar-refractivity contribution in [2.75, 3.05) is 37.6 Å². The lowest BCUT2D eigenvalue weighted by Crippen LogP contribution is -2.46. The molecule has 0 spiro atoms. The van der Waals surface area contributed by atoms with Gasteiger partial charge in [0.2, 0.25) is 11.8 Å². The summed E-state index contributed by atoms with van der Waals surface area (Å²) >= 11 is 0. The standard InChI is InChI=1S/C20H29N3O2/c1-2-11-21-20(25)17-9-13-22(14-10-17)15-19(24)23-12-5-7-16-6-3-4-8-18(16)23/h3-4,6,8,17H,2,5,7,9-15H2,1H3,(H,21,25). The van der Waals surface area contributed by atoms with Gasteiger partial charge in [-0.1, -0.05) is 25.1 Å². The minimum absolute atomic E-state index is 0.105. The van der Waals surface area contributed by atoms with E-state index in [0.717, 1.165) is 64.0 Å². The maximum absolute atomic E-state index is 12.8. The Morgan fingerprint density at radius 2 is 1.92 bits per heavy atom. The molecule has 2 aliphatic rings. The van der Waals surface area contributed by atoms with Crippen LogP contribution in [-0.2, 0) is 16.0 Å². The van der Waals surface area contributed by atoms with Crippen LogP contribution < -0.4 is 10.2 Å². The summed E-state index contributed by atoms with van der Waals surface area (Å²) in [6.07, 6.45) is 4.75. The van der Waals surface area contributed by atoms with E-state index in [1.54, 1.807) is 0 Å². The van der Waals surface area contributed by atoms with E-state index in [1.807, 2.05) is 17.0 Å². The highest BCUT2D eigenvalue weighted by molar-refractivity contribution is 5.96. The maximum Gasteiger partial charge on any atom is 0.241 e. The van der Waals surface area contributed by atoms with Crippen LogP contribution in [0.5, 0.6) is 0 Å². The van der Waals surface area contributed by atoms with Crippen LogP contribution in [0.25, 0.3) is 0 Å². The zero-order valence-electron chi connectivity index (χ0n) is 15.2. The summed E-state index contributed by atoms with van der Waals surface area (Å²) in [6, 6.07) is 8.22. The monoisotopic (exact) mass is 343 g/mol. The van der Waals surface area contributed by atoms with Gasteiger partial charge in [-0.05, 0) is 56.8 Å². The van der Waals surface area contributed by atoms with E-state index in [4.69, 9.17) is 0 Å². The van der Waals surface area contributed by atoms with Gasteiger partial charge in [0.25, 0.3) is 0 Å². The second kappa shape index (κ2) is 8.48. The third kappa shape index (κ3) is 4.40. The lowest BCUT2D eigenvalue weighted by molar-refractivity contribution is -0.126. The average Bonchev–Trinajstić information content (AvgIpc) is 2.66. The summed E-state index contributed by atoms with van der Waals surface area (Å²) < 4.78 is 0. The molecule has 0 unspecified atom stereocenters. The first-order chi connectivity index (χ1) is 12.2. The number of hydrogen-bond donors (Lipinski definition) is 1. The predicted octanol–water partition coefficient (Wildman–Crippen LogP) is 2.20. The van der Waals surface area contributed by atoms with Gasteiger partial charge in [-0.15, -0.1) is 0 Å². The first-order valence-electron chi connectivity index (χ1n) is 9.57. The van der Waals surface area contributed by atoms with E-state index in [1.165, 1.54) is 5.56 Å². The number of carbonyl (C=O) groups excluding carboxylic acids is 2. The quantitative estimate of drug-likeness (QED) is 0.892. The summed E-state index contributed by atoms with van der Waals surface area (Å²) in [5.74, 6) is 0.465. The van der Waals surface area contributed by atoms with Crippen molar-refractivity contribution in [1.29, 1.82) is 0 Å². The molecule has 2 heterocycles. The predicted molar refractivity (Wildman–Crippen MR) is 99.6 cm³/mol. The molecule has 1 N–H and O–H groups in total. The minimum atomic E-state index is 0.105. The Morgan fingerprint density at radius 3 is 2.68 bits per heavy atom. The Morgan fingerprint density at radius 1 is 1.16 bits per heavy atom. The van der Waals surface area contributed by atoms with Crippen molar-refractivity contribution in [1.82, 2.24) is 10.2 Å². The molecule has 1 aromatic rings. The van der Waals surface area contributed by atoms with Gasteiger partial charge in [-0.2, -0.15) is 0 Å². The van der Waals surface area contributed by atoms with Crippen molar-refractivity contribution < 1.29 is 9.59 Å². The Kier molecular flexibility index (Phi) is 6.08. The van der Waals surface area contributed by atoms with Crippen molar-refractivity contribution in [3.05, 3.63) is 29.8 Å². The molecule has 0 saturated carbocycles. The van der Waals surface area contributed by atoms with E-state index in [9.17, 15) is 9.59 Å². The number of likely N-dealkylation sites (tertiary alicyclic amines) is 1. The zero-order valence-corrected chi connectivity index (χ0v) is 15.2. The van der Waals surface area contributed by atoms with Crippen molar-refractivity contribution in [3.8, 4) is 0 Å². The number of benzene rings is 1. The molecular weight excluding hydrogens is 314 g/mol. The minimum Gasteiger partial charge on any atom is -0.356 e. The molecule has 1 fully saturated rings. The number of nitrogens with zero attached hydrogens (tertiary/aromatic N) is 2. The van der Waals surface area contributed by atoms with Crippen LogP contribution in [0.3, 0.4) is 0 Å². The molecule has 3 rings (SSSR count). The highest BCUT2D eigenvalue weighted by Gasteiger charge is 2.28. The zero-order chi connectivity index (χ0) is 17.6. The second-order valence-electron chi connectivity index (χ2n) is 7.12. The van der Waals surface area contributed by atoms with Crippen LogP contribution in [0.1, 0.15) is 38.2 Å². The van der Waals surface area contributed by atoms with E-state index in [-0.39, 0.29) is 17.7 Å². The number of rotatable bonds is 5. The summed E-state index contributed by atoms with van der Waals surface area (Å²) in [7, 11) is 0. The van der Waals surface area contributed by atoms with Gasteiger partial charge in [-0.3, -0.25) is 14.5 Å². The lowest BCUT2D eigenvalue weighted by Gasteiger charge is -2.34. The molecule has 0 bridgehead atoms. The topological polar surface area (TPSA) is 52.7 Å². The molecule has 0 aliphatic carbocycles. The van der Waals surface area contributed by atoms with Crippen LogP contribution in [-0.4, -0.2) is 49.4 Å². The summed E-state index contributed by atoms with van der Waals surface area (Å²) in [5.41, 5.74) is 2.35. The van der Waals surface area contributed by atoms with Gasteiger partial charge in [-0.25, -0.2) is 0 Å². The molecule has 2 amide bonds. The Balaban J connectivity index is 1.51. The number of hydrogen-bond acceptors (Lipinski definition) is 3. The smallest absolute Gasteiger partial charge is 0.241 e. The second-order valence-corrected chi connectivity index (χ2v) is 7.12. The van der Waals surface area contributed by atoms with Crippen LogP contribution in [0.15, 0.2) is 24.3 Å². The Bertz CT molecular complexity index is 609. The molecular formula is C20H29N3O2. The number of aryl methyl sites for hydroxylation is 1. The van der Waals surface area contributed by atoms with Gasteiger partial charge in [0.1, 0.15) is 0 Å². The molecule has 5 heteroatoms. The van der Waals surface area contributed by atoms with Gasteiger partial charge in [0, 0.05) is 24.7 Å². The normalized spacial score (nSPS) is 18.7. The molecule has 25 heavy (non-hydrogen) atoms. The molecule has 0 atom stereocenters. The maximum atomic E-state index is 12.8. The highest BCUT2D eigenvalue weighted by atomic mass is 16.2. The largest absolute Gasteiger partial charge is 0.356 e. The van der Waals surface area contributed by atoms with Gasteiger partial charge < -0.3 is 10.2 Å². The molecule has 0 radical (unpaired) electrons. The van der Waals surface area contributed by atoms with Crippen LogP contribution in [0.2, 0.25) is 0 Å². The Labute approximate surface area is 150 Å². The number of carbonyl (C=O) groups is 2. The molecule has 1 saturated heterocycles. The third-order valence-corrected chi connectivity index (χ3v) is 5.28. The van der Waals surface area contributed by atoms with Gasteiger partial charge in [0.15, 0.2) is 0 Å². The summed E-state index contributed by atoms with van der Waals surface area (Å²) in [5, 5.41) is 2.99. The SMILES string of the molecule is CCCNC(=O)C1CCN(CC(=O)N2CCCc3ccccc32)CC1. The van der Waals surface area contributed by atoms with Crippen molar-refractivity contribution in [2.24, 2.45) is 5.92 Å². The number of piperidine rings is 1. The highest BCUT2D eigenvalue weighted by Crippen LogP contribution is 2.27. The third-order valence-electron chi connectivity index (χ3n) is 5.28. The van der Waals surface area contributed by atoms with Gasteiger partial charge >= 0.3 is 0 Å². The van der Waals surface area contributed by atoms with E-state index < -0.39 is 0 Å². The van der Waals surface area contributed by atoms with Crippen LogP contribution in [0.4, 0.5) is 5.69 Å². The fourth-order valence-corrected chi connectivity index (χ4v) is 3.82. The lowest BCUT2D eigenvalue weighted by atomic mass is 9.95. The molecule has 1 aromatic carbocycles. The summed E-state index contributed by atoms with van der Waals surface area (Å²) in [6.45, 7) is 5.74. The first-order valence-corrected chi connectivity index (χ1v) is 9.57. The number of nitrogens with one attached hydrogen (secondary N) is 1. The van der Waals surface area contributed by atoms with E-state index in [0.29, 0.717) is 6.54 Å². The van der Waals surface area contributed by atoms with Crippen LogP contribution >= 0.6 is 0 Å². The number of fused-ring (bicyclic) bond motifs is 1. The van der Waals surface area contributed by atoms with Gasteiger partial charge in [0.05, 0.1) is 6.54 Å². The number of para-hydroxylation sites is 1. The van der Waals surface area contributed by atoms with Crippen molar-refractivity contribution in [2.45, 2.75) is 39.0 Å². The Hall–Kier alpha value is -1.88. The molecule has 0 aromatic heterocycles. The van der Waals surface area contributed by atoms with Crippen molar-refractivity contribution in [3.63, 3.8) is 0 Å². The molecule has 5 nitrogen and oxygen atoms in total. The molecule has 2 aliphatic heterocycles. The van der Waals surface area contributed by atoms with E-state index in [2.05, 4.69) is 29.3 Å². The average molecular weight is 343 g/mol. The van der Waals surface area contributed by atoms with Crippen molar-refractivity contribution >= 4 is 17.5 Å². The van der Waals surface area contributed by atoms with Crippen LogP contribution in [0, 0.1) is 5.92 Å². The number of amides is 2. The summed E-state index contributed by atoms with van der Waals surface area (Å²) in [4.78, 5) is 29.0. The fourth-order valence-electron chi connectivity index (χ4n) is 3.82. The fraction of sp³-hybridized carbons (Fsp3) is 0.600. The van der Waals surface area contributed by atoms with E-state index >= 15 is 0 Å². The molecule has 136 valence electrons.